The molecule has 2 fully saturated rings. The van der Waals surface area contributed by atoms with Gasteiger partial charge in [0, 0.05) is 23.7 Å². The molecule has 0 radical (unpaired) electrons. The van der Waals surface area contributed by atoms with Crippen LogP contribution in [0.2, 0.25) is 0 Å². The van der Waals surface area contributed by atoms with Crippen molar-refractivity contribution in [1.29, 1.82) is 0 Å². The number of rotatable bonds is 4. The summed E-state index contributed by atoms with van der Waals surface area (Å²) in [5, 5.41) is 9.48. The van der Waals surface area contributed by atoms with Crippen LogP contribution >= 0.6 is 0 Å². The van der Waals surface area contributed by atoms with Gasteiger partial charge >= 0.3 is 0 Å². The van der Waals surface area contributed by atoms with Gasteiger partial charge in [0.1, 0.15) is 0 Å². The molecule has 2 saturated heterocycles. The number of likely N-dealkylation sites (tertiary alicyclic amines) is 2. The zero-order chi connectivity index (χ0) is 21.3. The lowest BCUT2D eigenvalue weighted by molar-refractivity contribution is -1.08. The Hall–Kier alpha value is -1.84. The molecule has 4 amide bonds. The molecule has 154 valence electrons. The van der Waals surface area contributed by atoms with Gasteiger partial charge in [0.05, 0.1) is 20.8 Å². The normalized spacial score (nSPS) is 29.0. The molecule has 4 unspecified atom stereocenters. The Balaban J connectivity index is 0.000000271. The second-order valence-electron chi connectivity index (χ2n) is 8.35. The molecule has 0 saturated carbocycles. The Morgan fingerprint density at radius 3 is 1.33 bits per heavy atom. The summed E-state index contributed by atoms with van der Waals surface area (Å²) in [4.78, 5) is 50.5. The van der Waals surface area contributed by atoms with Crippen LogP contribution in [0.15, 0.2) is 0 Å². The van der Waals surface area contributed by atoms with Crippen molar-refractivity contribution in [2.45, 2.75) is 27.7 Å². The highest BCUT2D eigenvalue weighted by atomic mass is 16.5. The van der Waals surface area contributed by atoms with Gasteiger partial charge in [-0.2, -0.15) is 4.65 Å². The molecule has 0 aromatic rings. The van der Waals surface area contributed by atoms with Crippen LogP contribution in [0.5, 0.6) is 0 Å². The smallest absolute Gasteiger partial charge is 0.237 e. The van der Waals surface area contributed by atoms with Crippen LogP contribution in [-0.2, 0) is 19.2 Å². The van der Waals surface area contributed by atoms with Crippen LogP contribution in [0.3, 0.4) is 0 Å². The molecule has 1 N–H and O–H groups in total. The van der Waals surface area contributed by atoms with Crippen molar-refractivity contribution in [2.24, 2.45) is 23.7 Å². The predicted molar refractivity (Wildman–Crippen MR) is 97.7 cm³/mol. The summed E-state index contributed by atoms with van der Waals surface area (Å²) in [5.74, 6) is -1.34. The zero-order valence-electron chi connectivity index (χ0n) is 17.6. The van der Waals surface area contributed by atoms with Crippen LogP contribution in [0, 0.1) is 23.7 Å². The summed E-state index contributed by atoms with van der Waals surface area (Å²) in [6.07, 6.45) is 0. The van der Waals surface area contributed by atoms with Crippen molar-refractivity contribution in [3.05, 3.63) is 0 Å². The summed E-state index contributed by atoms with van der Waals surface area (Å²) in [6, 6.07) is 0. The Bertz CT molecular complexity index is 573. The van der Waals surface area contributed by atoms with Crippen molar-refractivity contribution in [1.82, 2.24) is 14.7 Å². The maximum Gasteiger partial charge on any atom is 0.237 e. The number of carbonyl (C=O) groups excluding carboxylic acids is 4. The average Bonchev–Trinajstić information content (AvgIpc) is 2.84. The van der Waals surface area contributed by atoms with E-state index < -0.39 is 4.65 Å². The molecule has 0 aromatic heterocycles. The van der Waals surface area contributed by atoms with Gasteiger partial charge in [0.15, 0.2) is 6.67 Å². The van der Waals surface area contributed by atoms with Gasteiger partial charge in [0.2, 0.25) is 23.6 Å². The first kappa shape index (κ1) is 23.2. The second kappa shape index (κ2) is 8.45. The van der Waals surface area contributed by atoms with E-state index in [2.05, 4.69) is 0 Å². The third-order valence-corrected chi connectivity index (χ3v) is 5.03. The number of quaternary nitrogens is 1. The fourth-order valence-corrected chi connectivity index (χ4v) is 2.96. The van der Waals surface area contributed by atoms with Crippen molar-refractivity contribution in [3.8, 4) is 0 Å². The first-order valence-electron chi connectivity index (χ1n) is 9.10. The third kappa shape index (κ3) is 5.33. The first-order chi connectivity index (χ1) is 12.2. The molecule has 2 rings (SSSR count). The van der Waals surface area contributed by atoms with E-state index in [0.29, 0.717) is 6.67 Å². The number of carbonyl (C=O) groups is 4. The third-order valence-electron chi connectivity index (χ3n) is 5.03. The first-order valence-corrected chi connectivity index (χ1v) is 9.10. The van der Waals surface area contributed by atoms with Gasteiger partial charge in [-0.1, -0.05) is 27.7 Å². The average molecular weight is 385 g/mol. The highest BCUT2D eigenvalue weighted by Gasteiger charge is 2.44. The molecule has 2 heterocycles. The molecule has 0 bridgehead atoms. The van der Waals surface area contributed by atoms with Gasteiger partial charge in [-0.3, -0.25) is 29.0 Å². The predicted octanol–water partition coefficient (Wildman–Crippen LogP) is 0.197. The second-order valence-corrected chi connectivity index (χ2v) is 8.35. The minimum absolute atomic E-state index is 0.0202. The molecule has 0 aliphatic carbocycles. The standard InChI is InChI=1S/C9H17N2O3.C9H16N2O2/c1-6-7(2)9(13)10(8(6)12)5-11(3,4)14;1-6-7(2)9(13)11(8(6)12)5-10(3)4/h6-7,14H,5H2,1-4H3;6-7H,5H2,1-4H3/q+1;. The zero-order valence-corrected chi connectivity index (χ0v) is 17.6. The number of hydroxylamine groups is 3. The topological polar surface area (TPSA) is 98.2 Å². The van der Waals surface area contributed by atoms with E-state index in [1.54, 1.807) is 27.7 Å². The van der Waals surface area contributed by atoms with E-state index in [9.17, 15) is 24.4 Å². The summed E-state index contributed by atoms with van der Waals surface area (Å²) in [6.45, 7) is 7.50. The largest absolute Gasteiger partial charge is 0.292 e. The quantitative estimate of drug-likeness (QED) is 0.422. The van der Waals surface area contributed by atoms with Crippen LogP contribution in [0.1, 0.15) is 27.7 Å². The van der Waals surface area contributed by atoms with E-state index in [4.69, 9.17) is 0 Å². The molecular weight excluding hydrogens is 352 g/mol. The van der Waals surface area contributed by atoms with Crippen molar-refractivity contribution < 1.29 is 29.0 Å². The molecule has 2 aliphatic heterocycles. The van der Waals surface area contributed by atoms with Crippen LogP contribution in [-0.4, -0.2) is 89.7 Å². The van der Waals surface area contributed by atoms with E-state index >= 15 is 0 Å². The Labute approximate surface area is 161 Å². The van der Waals surface area contributed by atoms with Crippen molar-refractivity contribution in [2.75, 3.05) is 41.5 Å². The lowest BCUT2D eigenvalue weighted by Gasteiger charge is -2.24. The lowest BCUT2D eigenvalue weighted by Crippen LogP contribution is -2.48. The summed E-state index contributed by atoms with van der Waals surface area (Å²) in [7, 11) is 6.73. The van der Waals surface area contributed by atoms with Gasteiger partial charge in [-0.05, 0) is 14.1 Å². The van der Waals surface area contributed by atoms with Crippen LogP contribution in [0.25, 0.3) is 0 Å². The fraction of sp³-hybridized carbons (Fsp3) is 0.778. The summed E-state index contributed by atoms with van der Waals surface area (Å²) >= 11 is 0. The summed E-state index contributed by atoms with van der Waals surface area (Å²) in [5.41, 5.74) is 0. The van der Waals surface area contributed by atoms with Crippen LogP contribution < -0.4 is 0 Å². The molecular formula is C18H33N4O5+. The van der Waals surface area contributed by atoms with Crippen molar-refractivity contribution >= 4 is 23.6 Å². The number of imide groups is 2. The lowest BCUT2D eigenvalue weighted by atomic mass is 10.00. The maximum absolute atomic E-state index is 11.6. The molecule has 2 aliphatic rings. The minimum atomic E-state index is -0.406. The van der Waals surface area contributed by atoms with Gasteiger partial charge in [-0.25, -0.2) is 10.1 Å². The highest BCUT2D eigenvalue weighted by Crippen LogP contribution is 2.26. The Kier molecular flexibility index (Phi) is 7.26. The molecule has 27 heavy (non-hydrogen) atoms. The highest BCUT2D eigenvalue weighted by molar-refractivity contribution is 6.05. The van der Waals surface area contributed by atoms with Gasteiger partial charge in [-0.15, -0.1) is 0 Å². The fourth-order valence-electron chi connectivity index (χ4n) is 2.96. The monoisotopic (exact) mass is 385 g/mol. The summed E-state index contributed by atoms with van der Waals surface area (Å²) < 4.78 is -0.406. The van der Waals surface area contributed by atoms with Gasteiger partial charge in [0.25, 0.3) is 0 Å². The Morgan fingerprint density at radius 2 is 1.07 bits per heavy atom. The van der Waals surface area contributed by atoms with E-state index in [1.807, 2.05) is 19.0 Å². The maximum atomic E-state index is 11.6. The number of amides is 4. The number of nitrogens with zero attached hydrogens (tertiary/aromatic N) is 4. The number of hydrogen-bond acceptors (Lipinski definition) is 6. The molecule has 4 atom stereocenters. The van der Waals surface area contributed by atoms with Gasteiger partial charge < -0.3 is 0 Å². The molecule has 0 spiro atoms. The number of hydrogen-bond donors (Lipinski definition) is 1. The van der Waals surface area contributed by atoms with E-state index in [-0.39, 0.29) is 54.0 Å². The SMILES string of the molecule is CC1C(=O)N(CN(C)C)C(=O)C1C.CC1C(=O)N(C[N+](C)(C)O)C(=O)C1C. The molecule has 9 heteroatoms. The van der Waals surface area contributed by atoms with Crippen LogP contribution in [0.4, 0.5) is 0 Å². The minimum Gasteiger partial charge on any atom is -0.292 e. The Morgan fingerprint density at radius 1 is 0.778 bits per heavy atom. The van der Waals surface area contributed by atoms with E-state index in [1.165, 1.54) is 19.0 Å². The molecule has 0 aromatic carbocycles. The molecule has 9 nitrogen and oxygen atoms in total. The van der Waals surface area contributed by atoms with E-state index in [0.717, 1.165) is 4.90 Å². The van der Waals surface area contributed by atoms with Crippen molar-refractivity contribution in [3.63, 3.8) is 0 Å².